The van der Waals surface area contributed by atoms with E-state index in [1.807, 2.05) is 30.3 Å². The molecule has 1 aromatic heterocycles. The molecule has 3 aromatic rings. The van der Waals surface area contributed by atoms with Crippen LogP contribution >= 0.6 is 0 Å². The minimum absolute atomic E-state index is 0.247. The van der Waals surface area contributed by atoms with Gasteiger partial charge in [0.1, 0.15) is 18.2 Å². The van der Waals surface area contributed by atoms with Gasteiger partial charge in [-0.1, -0.05) is 30.3 Å². The first kappa shape index (κ1) is 15.0. The first-order valence-corrected chi connectivity index (χ1v) is 7.09. The molecule has 4 nitrogen and oxygen atoms in total. The van der Waals surface area contributed by atoms with Gasteiger partial charge in [0.05, 0.1) is 7.11 Å². The molecule has 0 fully saturated rings. The van der Waals surface area contributed by atoms with E-state index < -0.39 is 0 Å². The molecule has 5 heteroatoms. The highest BCUT2D eigenvalue weighted by molar-refractivity contribution is 5.63. The van der Waals surface area contributed by atoms with Crippen LogP contribution in [0.5, 0.6) is 11.8 Å². The highest BCUT2D eigenvalue weighted by Gasteiger charge is 2.08. The minimum Gasteiger partial charge on any atom is -0.489 e. The molecule has 0 N–H and O–H groups in total. The smallest absolute Gasteiger partial charge is 0.316 e. The molecule has 0 radical (unpaired) electrons. The van der Waals surface area contributed by atoms with Crippen molar-refractivity contribution in [2.24, 2.45) is 0 Å². The van der Waals surface area contributed by atoms with Crippen LogP contribution in [0.1, 0.15) is 5.56 Å². The SMILES string of the molecule is COc1ncc(-c2ccc(OCc3ccccc3)cc2F)cn1. The van der Waals surface area contributed by atoms with E-state index in [1.165, 1.54) is 25.6 Å². The van der Waals surface area contributed by atoms with E-state index >= 15 is 0 Å². The molecule has 0 saturated heterocycles. The standard InChI is InChI=1S/C18H15FN2O2/c1-22-18-20-10-14(11-21-18)16-8-7-15(9-17(16)19)23-12-13-5-3-2-4-6-13/h2-11H,12H2,1H3. The molecule has 0 amide bonds. The summed E-state index contributed by atoms with van der Waals surface area (Å²) in [6.45, 7) is 0.394. The van der Waals surface area contributed by atoms with Crippen LogP contribution in [0.4, 0.5) is 4.39 Å². The van der Waals surface area contributed by atoms with Crippen molar-refractivity contribution in [3.05, 3.63) is 72.3 Å². The molecule has 0 saturated carbocycles. The van der Waals surface area contributed by atoms with Gasteiger partial charge in [-0.05, 0) is 17.7 Å². The van der Waals surface area contributed by atoms with E-state index in [-0.39, 0.29) is 11.8 Å². The van der Waals surface area contributed by atoms with E-state index in [1.54, 1.807) is 12.1 Å². The van der Waals surface area contributed by atoms with Crippen LogP contribution in [0.3, 0.4) is 0 Å². The van der Waals surface area contributed by atoms with Crippen molar-refractivity contribution in [2.75, 3.05) is 7.11 Å². The Bertz CT molecular complexity index is 777. The fraction of sp³-hybridized carbons (Fsp3) is 0.111. The molecular weight excluding hydrogens is 295 g/mol. The summed E-state index contributed by atoms with van der Waals surface area (Å²) in [6, 6.07) is 14.7. The monoisotopic (exact) mass is 310 g/mol. The molecule has 1 heterocycles. The van der Waals surface area contributed by atoms with Crippen LogP contribution in [0.2, 0.25) is 0 Å². The molecule has 0 unspecified atom stereocenters. The van der Waals surface area contributed by atoms with Crippen molar-refractivity contribution in [3.63, 3.8) is 0 Å². The summed E-state index contributed by atoms with van der Waals surface area (Å²) in [7, 11) is 1.48. The summed E-state index contributed by atoms with van der Waals surface area (Å²) in [5.74, 6) is 0.0915. The van der Waals surface area contributed by atoms with E-state index in [9.17, 15) is 4.39 Å². The quantitative estimate of drug-likeness (QED) is 0.717. The Morgan fingerprint density at radius 2 is 1.74 bits per heavy atom. The van der Waals surface area contributed by atoms with Crippen LogP contribution in [0.25, 0.3) is 11.1 Å². The van der Waals surface area contributed by atoms with E-state index in [2.05, 4.69) is 9.97 Å². The van der Waals surface area contributed by atoms with E-state index in [4.69, 9.17) is 9.47 Å². The average Bonchev–Trinajstić information content (AvgIpc) is 2.61. The zero-order valence-electron chi connectivity index (χ0n) is 12.6. The molecule has 0 atom stereocenters. The molecular formula is C18H15FN2O2. The van der Waals surface area contributed by atoms with Gasteiger partial charge in [0.15, 0.2) is 0 Å². The van der Waals surface area contributed by atoms with Gasteiger partial charge in [0.2, 0.25) is 0 Å². The topological polar surface area (TPSA) is 44.2 Å². The number of nitrogens with zero attached hydrogens (tertiary/aromatic N) is 2. The normalized spacial score (nSPS) is 10.3. The lowest BCUT2D eigenvalue weighted by Crippen LogP contribution is -1.96. The number of rotatable bonds is 5. The van der Waals surface area contributed by atoms with Gasteiger partial charge in [-0.15, -0.1) is 0 Å². The molecule has 2 aromatic carbocycles. The lowest BCUT2D eigenvalue weighted by Gasteiger charge is -2.09. The average molecular weight is 310 g/mol. The Labute approximate surface area is 133 Å². The van der Waals surface area contributed by atoms with Gasteiger partial charge in [-0.3, -0.25) is 0 Å². The molecule has 0 aliphatic carbocycles. The molecule has 3 rings (SSSR count). The van der Waals surface area contributed by atoms with Crippen LogP contribution in [-0.4, -0.2) is 17.1 Å². The summed E-state index contributed by atoms with van der Waals surface area (Å²) < 4.78 is 24.8. The Morgan fingerprint density at radius 3 is 2.39 bits per heavy atom. The van der Waals surface area contributed by atoms with Gasteiger partial charge in [-0.25, -0.2) is 14.4 Å². The van der Waals surface area contributed by atoms with Crippen molar-refractivity contribution >= 4 is 0 Å². The first-order valence-electron chi connectivity index (χ1n) is 7.09. The second kappa shape index (κ2) is 6.87. The third-order valence-electron chi connectivity index (χ3n) is 3.31. The minimum atomic E-state index is -0.385. The highest BCUT2D eigenvalue weighted by Crippen LogP contribution is 2.26. The van der Waals surface area contributed by atoms with Crippen LogP contribution in [-0.2, 0) is 6.61 Å². The zero-order valence-corrected chi connectivity index (χ0v) is 12.6. The van der Waals surface area contributed by atoms with Crippen molar-refractivity contribution in [2.45, 2.75) is 6.61 Å². The third-order valence-corrected chi connectivity index (χ3v) is 3.31. The number of hydrogen-bond acceptors (Lipinski definition) is 4. The fourth-order valence-corrected chi connectivity index (χ4v) is 2.12. The van der Waals surface area contributed by atoms with Crippen molar-refractivity contribution in [1.29, 1.82) is 0 Å². The number of benzene rings is 2. The summed E-state index contributed by atoms with van der Waals surface area (Å²) >= 11 is 0. The summed E-state index contributed by atoms with van der Waals surface area (Å²) in [6.07, 6.45) is 3.05. The van der Waals surface area contributed by atoms with Gasteiger partial charge >= 0.3 is 6.01 Å². The summed E-state index contributed by atoms with van der Waals surface area (Å²) in [5.41, 5.74) is 2.03. The maximum absolute atomic E-state index is 14.3. The van der Waals surface area contributed by atoms with Gasteiger partial charge in [0, 0.05) is 29.6 Å². The van der Waals surface area contributed by atoms with Crippen LogP contribution in [0.15, 0.2) is 60.9 Å². The van der Waals surface area contributed by atoms with Gasteiger partial charge in [0.25, 0.3) is 0 Å². The second-order valence-electron chi connectivity index (χ2n) is 4.87. The molecule has 116 valence electrons. The largest absolute Gasteiger partial charge is 0.489 e. The molecule has 0 spiro atoms. The fourth-order valence-electron chi connectivity index (χ4n) is 2.12. The maximum Gasteiger partial charge on any atom is 0.316 e. The maximum atomic E-state index is 14.3. The van der Waals surface area contributed by atoms with Crippen LogP contribution < -0.4 is 9.47 Å². The Morgan fingerprint density at radius 1 is 1.00 bits per heavy atom. The predicted molar refractivity (Wildman–Crippen MR) is 84.8 cm³/mol. The van der Waals surface area contributed by atoms with Crippen LogP contribution in [0, 0.1) is 5.82 Å². The Kier molecular flexibility index (Phi) is 4.47. The number of aromatic nitrogens is 2. The highest BCUT2D eigenvalue weighted by atomic mass is 19.1. The molecule has 0 bridgehead atoms. The van der Waals surface area contributed by atoms with Crippen molar-refractivity contribution < 1.29 is 13.9 Å². The summed E-state index contributed by atoms with van der Waals surface area (Å²) in [5, 5.41) is 0. The Hall–Kier alpha value is -2.95. The Balaban J connectivity index is 1.74. The third kappa shape index (κ3) is 3.63. The van der Waals surface area contributed by atoms with Crippen molar-refractivity contribution in [3.8, 4) is 22.9 Å². The zero-order chi connectivity index (χ0) is 16.1. The number of ether oxygens (including phenoxy) is 2. The van der Waals surface area contributed by atoms with E-state index in [0.717, 1.165) is 5.56 Å². The number of halogens is 1. The molecule has 0 aliphatic heterocycles. The molecule has 0 aliphatic rings. The van der Waals surface area contributed by atoms with Crippen molar-refractivity contribution in [1.82, 2.24) is 9.97 Å². The summed E-state index contributed by atoms with van der Waals surface area (Å²) in [4.78, 5) is 7.96. The molecule has 23 heavy (non-hydrogen) atoms. The van der Waals surface area contributed by atoms with Gasteiger partial charge < -0.3 is 9.47 Å². The predicted octanol–water partition coefficient (Wildman–Crippen LogP) is 3.87. The van der Waals surface area contributed by atoms with E-state index in [0.29, 0.717) is 23.5 Å². The van der Waals surface area contributed by atoms with Gasteiger partial charge in [-0.2, -0.15) is 0 Å². The lowest BCUT2D eigenvalue weighted by atomic mass is 10.1. The lowest BCUT2D eigenvalue weighted by molar-refractivity contribution is 0.304. The second-order valence-corrected chi connectivity index (χ2v) is 4.87. The first-order chi connectivity index (χ1) is 11.3. The number of methoxy groups -OCH3 is 1. The number of hydrogen-bond donors (Lipinski definition) is 0.